The molecule has 10 heteroatoms. The molecular weight excluding hydrogens is 545 g/mol. The van der Waals surface area contributed by atoms with Crippen LogP contribution in [0.2, 0.25) is 0 Å². The van der Waals surface area contributed by atoms with Crippen molar-refractivity contribution in [3.63, 3.8) is 0 Å². The largest absolute Gasteiger partial charge is 0.358 e. The number of quaternary nitrogens is 1. The van der Waals surface area contributed by atoms with E-state index in [4.69, 9.17) is 0 Å². The zero-order valence-electron chi connectivity index (χ0n) is 20.0. The van der Waals surface area contributed by atoms with Crippen molar-refractivity contribution in [1.82, 2.24) is 9.55 Å². The van der Waals surface area contributed by atoms with Crippen LogP contribution in [0.25, 0.3) is 22.2 Å². The third-order valence-electron chi connectivity index (χ3n) is 6.56. The Hall–Kier alpha value is -3.08. The highest BCUT2D eigenvalue weighted by Gasteiger charge is 2.23. The lowest BCUT2D eigenvalue weighted by Crippen LogP contribution is -3.12. The van der Waals surface area contributed by atoms with Gasteiger partial charge in [0.25, 0.3) is 5.91 Å². The number of halogens is 2. The average molecular weight is 571 g/mol. The summed E-state index contributed by atoms with van der Waals surface area (Å²) in [5.74, 6) is -1.01. The number of hydrogen-bond donors (Lipinski definition) is 2. The number of benzene rings is 2. The Morgan fingerprint density at radius 2 is 1.94 bits per heavy atom. The normalized spacial score (nSPS) is 14.4. The smallest absolute Gasteiger partial charge is 0.262 e. The number of carbonyl (C=O) groups is 1. The summed E-state index contributed by atoms with van der Waals surface area (Å²) in [5.41, 5.74) is 2.23. The Kier molecular flexibility index (Phi) is 6.92. The summed E-state index contributed by atoms with van der Waals surface area (Å²) in [6, 6.07) is 10.7. The molecule has 0 aliphatic carbocycles. The van der Waals surface area contributed by atoms with Crippen molar-refractivity contribution < 1.29 is 14.1 Å². The Bertz CT molecular complexity index is 1490. The molecule has 0 spiro atoms. The second-order valence-electron chi connectivity index (χ2n) is 8.92. The van der Waals surface area contributed by atoms with E-state index >= 15 is 4.39 Å². The first-order chi connectivity index (χ1) is 17.3. The molecule has 0 bridgehead atoms. The van der Waals surface area contributed by atoms with E-state index < -0.39 is 17.2 Å². The van der Waals surface area contributed by atoms with Crippen LogP contribution in [0.1, 0.15) is 17.3 Å². The van der Waals surface area contributed by atoms with Crippen LogP contribution in [0.3, 0.4) is 0 Å². The molecule has 2 aromatic carbocycles. The van der Waals surface area contributed by atoms with Crippen molar-refractivity contribution in [3.8, 4) is 11.3 Å². The summed E-state index contributed by atoms with van der Waals surface area (Å²) in [5, 5.41) is 5.17. The summed E-state index contributed by atoms with van der Waals surface area (Å²) < 4.78 is 18.0. The van der Waals surface area contributed by atoms with E-state index in [0.717, 1.165) is 41.9 Å². The third kappa shape index (κ3) is 4.80. The van der Waals surface area contributed by atoms with E-state index in [1.54, 1.807) is 12.3 Å². The molecule has 1 aliphatic rings. The molecule has 1 aliphatic heterocycles. The van der Waals surface area contributed by atoms with Gasteiger partial charge in [0.2, 0.25) is 5.43 Å². The van der Waals surface area contributed by atoms with Crippen molar-refractivity contribution in [2.75, 3.05) is 43.4 Å². The number of aryl methyl sites for hydroxylation is 1. The SMILES string of the molecule is CCn1cc(C(=O)Nc2nc(-c3ccc(Br)cc3)cs2)c(=O)c2cc(F)c(N3CC[NH+](C)CC3)cc21. The van der Waals surface area contributed by atoms with Crippen LogP contribution in [0, 0.1) is 5.82 Å². The zero-order valence-corrected chi connectivity index (χ0v) is 22.4. The van der Waals surface area contributed by atoms with E-state index in [1.165, 1.54) is 22.3 Å². The fourth-order valence-electron chi connectivity index (χ4n) is 4.44. The summed E-state index contributed by atoms with van der Waals surface area (Å²) in [6.07, 6.45) is 1.55. The number of thiazole rings is 1. The number of hydrogen-bond acceptors (Lipinski definition) is 5. The van der Waals surface area contributed by atoms with Gasteiger partial charge < -0.3 is 14.4 Å². The molecule has 3 heterocycles. The molecule has 0 radical (unpaired) electrons. The Morgan fingerprint density at radius 3 is 2.64 bits per heavy atom. The number of rotatable bonds is 5. The highest BCUT2D eigenvalue weighted by molar-refractivity contribution is 9.10. The third-order valence-corrected chi connectivity index (χ3v) is 7.84. The maximum atomic E-state index is 15.2. The van der Waals surface area contributed by atoms with Crippen molar-refractivity contribution in [1.29, 1.82) is 0 Å². The minimum absolute atomic E-state index is 0.0416. The number of likely N-dealkylation sites (N-methyl/N-ethyl adjacent to an activating group) is 1. The topological polar surface area (TPSA) is 71.7 Å². The number of nitrogens with zero attached hydrogens (tertiary/aromatic N) is 3. The van der Waals surface area contributed by atoms with Gasteiger partial charge in [0, 0.05) is 33.5 Å². The first-order valence-electron chi connectivity index (χ1n) is 11.8. The van der Waals surface area contributed by atoms with Crippen LogP contribution < -0.4 is 20.5 Å². The van der Waals surface area contributed by atoms with Gasteiger partial charge in [-0.1, -0.05) is 28.1 Å². The van der Waals surface area contributed by atoms with Gasteiger partial charge in [0.1, 0.15) is 11.4 Å². The summed E-state index contributed by atoms with van der Waals surface area (Å²) in [4.78, 5) is 34.3. The predicted octanol–water partition coefficient (Wildman–Crippen LogP) is 3.63. The first kappa shape index (κ1) is 24.6. The molecular formula is C26H26BrFN5O2S+. The molecule has 0 unspecified atom stereocenters. The maximum Gasteiger partial charge on any atom is 0.262 e. The van der Waals surface area contributed by atoms with Gasteiger partial charge >= 0.3 is 0 Å². The van der Waals surface area contributed by atoms with E-state index in [1.807, 2.05) is 46.0 Å². The summed E-state index contributed by atoms with van der Waals surface area (Å²) >= 11 is 4.70. The molecule has 1 fully saturated rings. The van der Waals surface area contributed by atoms with E-state index in [2.05, 4.69) is 33.3 Å². The molecule has 0 saturated carbocycles. The van der Waals surface area contributed by atoms with Gasteiger partial charge in [-0.05, 0) is 31.2 Å². The number of pyridine rings is 1. The number of amides is 1. The van der Waals surface area contributed by atoms with Crippen molar-refractivity contribution >= 4 is 54.9 Å². The van der Waals surface area contributed by atoms with Crippen molar-refractivity contribution in [2.45, 2.75) is 13.5 Å². The number of piperazine rings is 1. The van der Waals surface area contributed by atoms with Crippen molar-refractivity contribution in [2.24, 2.45) is 0 Å². The molecule has 5 rings (SSSR count). The number of nitrogens with one attached hydrogen (secondary N) is 2. The Morgan fingerprint density at radius 1 is 1.22 bits per heavy atom. The second-order valence-corrected chi connectivity index (χ2v) is 10.7. The minimum atomic E-state index is -0.563. The summed E-state index contributed by atoms with van der Waals surface area (Å²) in [6.45, 7) is 5.82. The molecule has 7 nitrogen and oxygen atoms in total. The Labute approximate surface area is 220 Å². The van der Waals surface area contributed by atoms with Crippen LogP contribution >= 0.6 is 27.3 Å². The van der Waals surface area contributed by atoms with E-state index in [9.17, 15) is 9.59 Å². The highest BCUT2D eigenvalue weighted by atomic mass is 79.9. The maximum absolute atomic E-state index is 15.2. The molecule has 36 heavy (non-hydrogen) atoms. The standard InChI is InChI=1S/C26H25BrFN5O2S/c1-3-32-14-19(25(35)30-26-29-21(15-36-26)16-4-6-17(27)7-5-16)24(34)18-12-20(28)23(13-22(18)32)33-10-8-31(2)9-11-33/h4-7,12-15H,3,8-11H2,1-2H3,(H,29,30,35)/p+1. The molecule has 186 valence electrons. The van der Waals surface area contributed by atoms with Crippen LogP contribution in [0.15, 0.2) is 57.2 Å². The molecule has 0 atom stereocenters. The van der Waals surface area contributed by atoms with Gasteiger partial charge in [0.05, 0.1) is 50.1 Å². The number of aromatic nitrogens is 2. The minimum Gasteiger partial charge on any atom is -0.358 e. The van der Waals surface area contributed by atoms with Gasteiger partial charge in [-0.2, -0.15) is 0 Å². The number of carbonyl (C=O) groups excluding carboxylic acids is 1. The monoisotopic (exact) mass is 570 g/mol. The molecule has 2 N–H and O–H groups in total. The fraction of sp³-hybridized carbons (Fsp3) is 0.269. The number of anilines is 2. The predicted molar refractivity (Wildman–Crippen MR) is 146 cm³/mol. The lowest BCUT2D eigenvalue weighted by Gasteiger charge is -2.32. The van der Waals surface area contributed by atoms with Gasteiger partial charge in [-0.3, -0.25) is 14.9 Å². The second kappa shape index (κ2) is 10.1. The zero-order chi connectivity index (χ0) is 25.4. The van der Waals surface area contributed by atoms with Crippen LogP contribution in [-0.2, 0) is 6.54 Å². The lowest BCUT2D eigenvalue weighted by molar-refractivity contribution is -0.880. The quantitative estimate of drug-likeness (QED) is 0.384. The van der Waals surface area contributed by atoms with Gasteiger partial charge in [-0.15, -0.1) is 11.3 Å². The lowest BCUT2D eigenvalue weighted by atomic mass is 10.1. The van der Waals surface area contributed by atoms with Crippen LogP contribution in [0.4, 0.5) is 15.2 Å². The fourth-order valence-corrected chi connectivity index (χ4v) is 5.42. The summed E-state index contributed by atoms with van der Waals surface area (Å²) in [7, 11) is 2.13. The van der Waals surface area contributed by atoms with Gasteiger partial charge in [0.15, 0.2) is 5.13 Å². The molecule has 1 saturated heterocycles. The Balaban J connectivity index is 1.46. The molecule has 2 aromatic heterocycles. The van der Waals surface area contributed by atoms with Crippen molar-refractivity contribution in [3.05, 3.63) is 74.1 Å². The van der Waals surface area contributed by atoms with Gasteiger partial charge in [-0.25, -0.2) is 9.37 Å². The van der Waals surface area contributed by atoms with E-state index in [-0.39, 0.29) is 10.9 Å². The van der Waals surface area contributed by atoms with Crippen LogP contribution in [0.5, 0.6) is 0 Å². The first-order valence-corrected chi connectivity index (χ1v) is 13.5. The average Bonchev–Trinajstić information content (AvgIpc) is 3.33. The molecule has 1 amide bonds. The van der Waals surface area contributed by atoms with E-state index in [0.29, 0.717) is 22.9 Å². The molecule has 4 aromatic rings. The van der Waals surface area contributed by atoms with Crippen LogP contribution in [-0.4, -0.2) is 48.7 Å². The highest BCUT2D eigenvalue weighted by Crippen LogP contribution is 2.28. The number of fused-ring (bicyclic) bond motifs is 1.